The summed E-state index contributed by atoms with van der Waals surface area (Å²) in [5, 5.41) is 15.2. The molecule has 0 aliphatic rings. The second-order valence-electron chi connectivity index (χ2n) is 4.80. The fourth-order valence-electron chi connectivity index (χ4n) is 2.01. The largest absolute Gasteiger partial charge is 0.247 e. The molecule has 2 N–H and O–H groups in total. The van der Waals surface area contributed by atoms with E-state index in [4.69, 9.17) is 5.14 Å². The molecule has 0 atom stereocenters. The van der Waals surface area contributed by atoms with Crippen LogP contribution in [0.4, 0.5) is 0 Å². The normalized spacial score (nSPS) is 11.7. The third-order valence-corrected chi connectivity index (χ3v) is 4.81. The molecule has 7 nitrogen and oxygen atoms in total. The molecule has 22 heavy (non-hydrogen) atoms. The van der Waals surface area contributed by atoms with Crippen LogP contribution in [0, 0.1) is 6.92 Å². The van der Waals surface area contributed by atoms with Crippen molar-refractivity contribution in [2.45, 2.75) is 18.4 Å². The van der Waals surface area contributed by atoms with Gasteiger partial charge in [0.2, 0.25) is 10.0 Å². The Balaban J connectivity index is 1.80. The van der Waals surface area contributed by atoms with Crippen molar-refractivity contribution in [3.63, 3.8) is 0 Å². The molecule has 0 unspecified atom stereocenters. The minimum absolute atomic E-state index is 0.0931. The van der Waals surface area contributed by atoms with Crippen molar-refractivity contribution in [3.05, 3.63) is 47.1 Å². The van der Waals surface area contributed by atoms with Crippen molar-refractivity contribution in [3.8, 4) is 11.3 Å². The van der Waals surface area contributed by atoms with E-state index in [1.165, 1.54) is 23.7 Å². The Morgan fingerprint density at radius 3 is 2.59 bits per heavy atom. The maximum atomic E-state index is 11.2. The van der Waals surface area contributed by atoms with Gasteiger partial charge in [-0.2, -0.15) is 4.37 Å². The van der Waals surface area contributed by atoms with Gasteiger partial charge in [-0.3, -0.25) is 0 Å². The van der Waals surface area contributed by atoms with Gasteiger partial charge >= 0.3 is 0 Å². The predicted molar refractivity (Wildman–Crippen MR) is 82.8 cm³/mol. The minimum Gasteiger partial charge on any atom is -0.247 e. The SMILES string of the molecule is Cc1nscc1-c1cn(Cc2ccc(S(N)(=O)=O)cc2)nn1. The Bertz CT molecular complexity index is 897. The molecule has 0 saturated heterocycles. The van der Waals surface area contributed by atoms with Gasteiger partial charge in [-0.25, -0.2) is 18.2 Å². The minimum atomic E-state index is -3.66. The van der Waals surface area contributed by atoms with Gasteiger partial charge in [0.05, 0.1) is 23.3 Å². The summed E-state index contributed by atoms with van der Waals surface area (Å²) in [4.78, 5) is 0.0931. The van der Waals surface area contributed by atoms with Gasteiger partial charge in [0.15, 0.2) is 0 Å². The zero-order valence-electron chi connectivity index (χ0n) is 11.7. The van der Waals surface area contributed by atoms with Gasteiger partial charge in [-0.15, -0.1) is 5.10 Å². The molecule has 0 bridgehead atoms. The zero-order valence-corrected chi connectivity index (χ0v) is 13.3. The van der Waals surface area contributed by atoms with Crippen molar-refractivity contribution in [1.29, 1.82) is 0 Å². The van der Waals surface area contributed by atoms with Crippen molar-refractivity contribution in [2.24, 2.45) is 5.14 Å². The fourth-order valence-corrected chi connectivity index (χ4v) is 3.23. The number of nitrogens with zero attached hydrogens (tertiary/aromatic N) is 4. The lowest BCUT2D eigenvalue weighted by atomic mass is 10.2. The molecule has 114 valence electrons. The summed E-state index contributed by atoms with van der Waals surface area (Å²) in [6, 6.07) is 6.38. The average molecular weight is 335 g/mol. The highest BCUT2D eigenvalue weighted by molar-refractivity contribution is 7.89. The number of benzene rings is 1. The molecular formula is C13H13N5O2S2. The van der Waals surface area contributed by atoms with Crippen LogP contribution in [0.15, 0.2) is 40.7 Å². The Morgan fingerprint density at radius 2 is 2.00 bits per heavy atom. The number of nitrogens with two attached hydrogens (primary N) is 1. The molecule has 0 aliphatic carbocycles. The lowest BCUT2D eigenvalue weighted by molar-refractivity contribution is 0.597. The van der Waals surface area contributed by atoms with Gasteiger partial charge in [0.1, 0.15) is 5.69 Å². The van der Waals surface area contributed by atoms with E-state index in [9.17, 15) is 8.42 Å². The highest BCUT2D eigenvalue weighted by atomic mass is 32.2. The van der Waals surface area contributed by atoms with Crippen LogP contribution in [0.25, 0.3) is 11.3 Å². The molecule has 2 aromatic heterocycles. The van der Waals surface area contributed by atoms with Crippen LogP contribution in [-0.4, -0.2) is 27.8 Å². The highest BCUT2D eigenvalue weighted by Gasteiger charge is 2.10. The van der Waals surface area contributed by atoms with Gasteiger partial charge < -0.3 is 0 Å². The molecule has 0 spiro atoms. The zero-order chi connectivity index (χ0) is 15.7. The first-order chi connectivity index (χ1) is 10.4. The maximum Gasteiger partial charge on any atom is 0.238 e. The van der Waals surface area contributed by atoms with Gasteiger partial charge in [0.25, 0.3) is 0 Å². The van der Waals surface area contributed by atoms with Crippen LogP contribution in [0.3, 0.4) is 0 Å². The van der Waals surface area contributed by atoms with E-state index in [0.717, 1.165) is 22.5 Å². The Labute approximate surface area is 131 Å². The van der Waals surface area contributed by atoms with Gasteiger partial charge in [-0.1, -0.05) is 17.3 Å². The van der Waals surface area contributed by atoms with E-state index in [1.54, 1.807) is 16.8 Å². The van der Waals surface area contributed by atoms with E-state index >= 15 is 0 Å². The average Bonchev–Trinajstić information content (AvgIpc) is 3.07. The van der Waals surface area contributed by atoms with E-state index in [1.807, 2.05) is 18.5 Å². The smallest absolute Gasteiger partial charge is 0.238 e. The quantitative estimate of drug-likeness (QED) is 0.776. The summed E-state index contributed by atoms with van der Waals surface area (Å²) in [5.74, 6) is 0. The number of aryl methyl sites for hydroxylation is 1. The van der Waals surface area contributed by atoms with Crippen LogP contribution >= 0.6 is 11.5 Å². The molecule has 0 amide bonds. The molecule has 9 heteroatoms. The van der Waals surface area contributed by atoms with E-state index in [-0.39, 0.29) is 4.90 Å². The standard InChI is InChI=1S/C13H13N5O2S2/c1-9-12(8-21-16-9)13-7-18(17-15-13)6-10-2-4-11(5-3-10)22(14,19)20/h2-5,7-8H,6H2,1H3,(H2,14,19,20). The monoisotopic (exact) mass is 335 g/mol. The number of hydrogen-bond acceptors (Lipinski definition) is 6. The number of aromatic nitrogens is 4. The summed E-state index contributed by atoms with van der Waals surface area (Å²) in [5.41, 5.74) is 3.58. The third kappa shape index (κ3) is 3.06. The van der Waals surface area contributed by atoms with Crippen molar-refractivity contribution in [1.82, 2.24) is 19.4 Å². The summed E-state index contributed by atoms with van der Waals surface area (Å²) >= 11 is 1.38. The molecule has 1 aromatic carbocycles. The van der Waals surface area contributed by atoms with Crippen LogP contribution < -0.4 is 5.14 Å². The topological polar surface area (TPSA) is 104 Å². The van der Waals surface area contributed by atoms with Crippen LogP contribution in [-0.2, 0) is 16.6 Å². The Kier molecular flexibility index (Phi) is 3.77. The molecular weight excluding hydrogens is 322 g/mol. The first-order valence-electron chi connectivity index (χ1n) is 6.37. The Morgan fingerprint density at radius 1 is 1.27 bits per heavy atom. The van der Waals surface area contributed by atoms with Crippen molar-refractivity contribution < 1.29 is 8.42 Å². The van der Waals surface area contributed by atoms with Gasteiger partial charge in [-0.05, 0) is 36.2 Å². The Hall–Kier alpha value is -2.10. The van der Waals surface area contributed by atoms with Gasteiger partial charge in [0, 0.05) is 10.9 Å². The van der Waals surface area contributed by atoms with Crippen LogP contribution in [0.5, 0.6) is 0 Å². The molecule has 2 heterocycles. The first-order valence-corrected chi connectivity index (χ1v) is 8.75. The van der Waals surface area contributed by atoms with Crippen LogP contribution in [0.1, 0.15) is 11.3 Å². The summed E-state index contributed by atoms with van der Waals surface area (Å²) in [6.07, 6.45) is 1.84. The highest BCUT2D eigenvalue weighted by Crippen LogP contribution is 2.22. The fraction of sp³-hybridized carbons (Fsp3) is 0.154. The van der Waals surface area contributed by atoms with Crippen molar-refractivity contribution in [2.75, 3.05) is 0 Å². The molecule has 3 aromatic rings. The number of hydrogen-bond donors (Lipinski definition) is 1. The second-order valence-corrected chi connectivity index (χ2v) is 6.99. The molecule has 0 saturated carbocycles. The summed E-state index contributed by atoms with van der Waals surface area (Å²) in [6.45, 7) is 2.42. The summed E-state index contributed by atoms with van der Waals surface area (Å²) < 4.78 is 28.3. The number of rotatable bonds is 4. The first kappa shape index (κ1) is 14.8. The number of primary sulfonamides is 1. The number of sulfonamides is 1. The molecule has 0 radical (unpaired) electrons. The van der Waals surface area contributed by atoms with Crippen molar-refractivity contribution >= 4 is 21.6 Å². The van der Waals surface area contributed by atoms with E-state index in [0.29, 0.717) is 6.54 Å². The molecule has 0 aliphatic heterocycles. The van der Waals surface area contributed by atoms with E-state index < -0.39 is 10.0 Å². The predicted octanol–water partition coefficient (Wildman–Crippen LogP) is 1.41. The van der Waals surface area contributed by atoms with Crippen LogP contribution in [0.2, 0.25) is 0 Å². The lowest BCUT2D eigenvalue weighted by Gasteiger charge is -2.02. The second kappa shape index (κ2) is 5.59. The summed E-state index contributed by atoms with van der Waals surface area (Å²) in [7, 11) is -3.66. The maximum absolute atomic E-state index is 11.2. The third-order valence-electron chi connectivity index (χ3n) is 3.16. The molecule has 0 fully saturated rings. The molecule has 3 rings (SSSR count). The lowest BCUT2D eigenvalue weighted by Crippen LogP contribution is -2.12. The van der Waals surface area contributed by atoms with E-state index in [2.05, 4.69) is 14.7 Å².